The number of nitrogens with two attached hydrogens (primary N) is 1. The van der Waals surface area contributed by atoms with Gasteiger partial charge in [0, 0.05) is 18.2 Å². The average Bonchev–Trinajstić information content (AvgIpc) is 3.26. The molecule has 0 atom stereocenters. The molecule has 35 heavy (non-hydrogen) atoms. The molecule has 3 N–H and O–H groups in total. The van der Waals surface area contributed by atoms with Crippen LogP contribution in [0.1, 0.15) is 35.5 Å². The van der Waals surface area contributed by atoms with Crippen molar-refractivity contribution in [3.8, 4) is 5.69 Å². The van der Waals surface area contributed by atoms with Gasteiger partial charge in [0.2, 0.25) is 5.91 Å². The SMILES string of the molecule is CCOC(=O)c1cnn(-c2ccc(N=CC(=NN)c3cccc(NC(C)=O)c3)cc2)c1C(F)(F)F. The molecule has 0 unspecified atom stereocenters. The molecule has 1 heterocycles. The van der Waals surface area contributed by atoms with Crippen LogP contribution in [0.2, 0.25) is 0 Å². The number of hydrazone groups is 1. The van der Waals surface area contributed by atoms with Crippen LogP contribution in [0.4, 0.5) is 24.5 Å². The van der Waals surface area contributed by atoms with Gasteiger partial charge < -0.3 is 15.9 Å². The summed E-state index contributed by atoms with van der Waals surface area (Å²) in [5.41, 5.74) is 0.0249. The number of anilines is 1. The Kier molecular flexibility index (Phi) is 7.64. The first-order chi connectivity index (χ1) is 16.6. The molecule has 3 rings (SSSR count). The number of hydrogen-bond donors (Lipinski definition) is 2. The molecule has 0 radical (unpaired) electrons. The van der Waals surface area contributed by atoms with Crippen LogP contribution in [-0.4, -0.2) is 40.2 Å². The van der Waals surface area contributed by atoms with E-state index in [0.29, 0.717) is 27.3 Å². The Morgan fingerprint density at radius 3 is 2.51 bits per heavy atom. The molecule has 0 saturated heterocycles. The fourth-order valence-corrected chi connectivity index (χ4v) is 3.13. The number of amides is 1. The van der Waals surface area contributed by atoms with Gasteiger partial charge in [0.25, 0.3) is 0 Å². The van der Waals surface area contributed by atoms with Gasteiger partial charge in [-0.2, -0.15) is 23.4 Å². The van der Waals surface area contributed by atoms with Crippen molar-refractivity contribution in [2.24, 2.45) is 15.9 Å². The molecule has 0 bridgehead atoms. The van der Waals surface area contributed by atoms with Crippen molar-refractivity contribution < 1.29 is 27.5 Å². The first-order valence-corrected chi connectivity index (χ1v) is 10.3. The van der Waals surface area contributed by atoms with Gasteiger partial charge in [0.05, 0.1) is 30.4 Å². The number of hydrogen-bond acceptors (Lipinski definition) is 7. The van der Waals surface area contributed by atoms with E-state index in [2.05, 4.69) is 20.5 Å². The van der Waals surface area contributed by atoms with Gasteiger partial charge in [0.15, 0.2) is 5.69 Å². The lowest BCUT2D eigenvalue weighted by molar-refractivity contribution is -0.143. The quantitative estimate of drug-likeness (QED) is 0.225. The third-order valence-electron chi connectivity index (χ3n) is 4.58. The summed E-state index contributed by atoms with van der Waals surface area (Å²) in [5, 5.41) is 10.1. The summed E-state index contributed by atoms with van der Waals surface area (Å²) in [5.74, 6) is 4.14. The van der Waals surface area contributed by atoms with Crippen LogP contribution in [0.3, 0.4) is 0 Å². The first-order valence-electron chi connectivity index (χ1n) is 10.3. The number of aromatic nitrogens is 2. The number of alkyl halides is 3. The monoisotopic (exact) mass is 486 g/mol. The molecule has 2 aromatic carbocycles. The predicted molar refractivity (Wildman–Crippen MR) is 124 cm³/mol. The molecule has 182 valence electrons. The number of carbonyl (C=O) groups is 2. The van der Waals surface area contributed by atoms with Crippen molar-refractivity contribution in [2.75, 3.05) is 11.9 Å². The summed E-state index contributed by atoms with van der Waals surface area (Å²) in [6, 6.07) is 12.5. The van der Waals surface area contributed by atoms with Crippen LogP contribution in [0.15, 0.2) is 64.8 Å². The Morgan fingerprint density at radius 1 is 1.20 bits per heavy atom. The van der Waals surface area contributed by atoms with Gasteiger partial charge in [-0.25, -0.2) is 9.48 Å². The van der Waals surface area contributed by atoms with E-state index >= 15 is 0 Å². The van der Waals surface area contributed by atoms with Crippen molar-refractivity contribution in [1.29, 1.82) is 0 Å². The van der Waals surface area contributed by atoms with E-state index < -0.39 is 23.4 Å². The van der Waals surface area contributed by atoms with Crippen LogP contribution in [0.5, 0.6) is 0 Å². The van der Waals surface area contributed by atoms with Gasteiger partial charge >= 0.3 is 12.1 Å². The highest BCUT2D eigenvalue weighted by atomic mass is 19.4. The highest BCUT2D eigenvalue weighted by Gasteiger charge is 2.41. The summed E-state index contributed by atoms with van der Waals surface area (Å²) < 4.78 is 46.4. The Balaban J connectivity index is 1.86. The maximum Gasteiger partial charge on any atom is 0.434 e. The zero-order valence-electron chi connectivity index (χ0n) is 18.7. The summed E-state index contributed by atoms with van der Waals surface area (Å²) in [6.07, 6.45) is -2.63. The second kappa shape index (κ2) is 10.6. The van der Waals surface area contributed by atoms with Crippen molar-refractivity contribution in [3.05, 3.63) is 71.5 Å². The lowest BCUT2D eigenvalue weighted by Crippen LogP contribution is -2.18. The van der Waals surface area contributed by atoms with E-state index in [4.69, 9.17) is 10.6 Å². The van der Waals surface area contributed by atoms with E-state index in [1.54, 1.807) is 24.3 Å². The second-order valence-corrected chi connectivity index (χ2v) is 7.09. The molecule has 0 spiro atoms. The molecule has 0 aliphatic rings. The lowest BCUT2D eigenvalue weighted by atomic mass is 10.1. The summed E-state index contributed by atoms with van der Waals surface area (Å²) in [7, 11) is 0. The van der Waals surface area contributed by atoms with Crippen LogP contribution in [0.25, 0.3) is 5.69 Å². The van der Waals surface area contributed by atoms with Crippen LogP contribution in [-0.2, 0) is 15.7 Å². The Labute approximate surface area is 198 Å². The summed E-state index contributed by atoms with van der Waals surface area (Å²) >= 11 is 0. The Bertz CT molecular complexity index is 1280. The smallest absolute Gasteiger partial charge is 0.434 e. The first kappa shape index (κ1) is 25.1. The van der Waals surface area contributed by atoms with E-state index in [1.807, 2.05) is 0 Å². The van der Waals surface area contributed by atoms with Gasteiger partial charge in [-0.1, -0.05) is 12.1 Å². The number of rotatable bonds is 7. The van der Waals surface area contributed by atoms with E-state index in [9.17, 15) is 22.8 Å². The maximum atomic E-state index is 13.7. The number of esters is 1. The van der Waals surface area contributed by atoms with Crippen LogP contribution >= 0.6 is 0 Å². The predicted octanol–water partition coefficient (Wildman–Crippen LogP) is 4.09. The van der Waals surface area contributed by atoms with Crippen LogP contribution < -0.4 is 11.2 Å². The minimum atomic E-state index is -4.84. The largest absolute Gasteiger partial charge is 0.462 e. The van der Waals surface area contributed by atoms with Crippen molar-refractivity contribution in [2.45, 2.75) is 20.0 Å². The molecule has 3 aromatic rings. The number of nitrogens with zero attached hydrogens (tertiary/aromatic N) is 4. The molecule has 12 heteroatoms. The minimum absolute atomic E-state index is 0.0698. The van der Waals surface area contributed by atoms with Crippen molar-refractivity contribution in [1.82, 2.24) is 9.78 Å². The normalized spacial score (nSPS) is 12.1. The van der Waals surface area contributed by atoms with Gasteiger partial charge in [-0.05, 0) is 43.3 Å². The number of aliphatic imine (C=N–C) groups is 1. The molecule has 1 aromatic heterocycles. The fourth-order valence-electron chi connectivity index (χ4n) is 3.13. The standard InChI is InChI=1S/C23H21F3N6O3/c1-3-35-22(34)19-12-29-32(21(19)23(24,25)26)18-9-7-16(8-10-18)28-13-20(31-27)15-5-4-6-17(11-15)30-14(2)33/h4-13H,3,27H2,1-2H3,(H,30,33). The second-order valence-electron chi connectivity index (χ2n) is 7.09. The number of nitrogens with one attached hydrogen (secondary N) is 1. The van der Waals surface area contributed by atoms with E-state index in [-0.39, 0.29) is 18.2 Å². The Morgan fingerprint density at radius 2 is 1.91 bits per heavy atom. The zero-order chi connectivity index (χ0) is 25.6. The van der Waals surface area contributed by atoms with E-state index in [1.165, 1.54) is 44.3 Å². The van der Waals surface area contributed by atoms with Gasteiger partial charge in [-0.15, -0.1) is 0 Å². The number of carbonyl (C=O) groups excluding carboxylic acids is 2. The molecule has 0 saturated carbocycles. The average molecular weight is 486 g/mol. The molecule has 9 nitrogen and oxygen atoms in total. The molecule has 0 aliphatic heterocycles. The number of halogens is 3. The molecule has 0 fully saturated rings. The zero-order valence-corrected chi connectivity index (χ0v) is 18.7. The third kappa shape index (κ3) is 6.10. The van der Waals surface area contributed by atoms with Crippen LogP contribution in [0, 0.1) is 0 Å². The van der Waals surface area contributed by atoms with E-state index in [0.717, 1.165) is 6.20 Å². The Hall–Kier alpha value is -4.48. The number of benzene rings is 2. The fraction of sp³-hybridized carbons (Fsp3) is 0.174. The third-order valence-corrected chi connectivity index (χ3v) is 4.58. The molecule has 0 aliphatic carbocycles. The lowest BCUT2D eigenvalue weighted by Gasteiger charge is -2.12. The summed E-state index contributed by atoms with van der Waals surface area (Å²) in [6.45, 7) is 2.81. The number of ether oxygens (including phenoxy) is 1. The highest BCUT2D eigenvalue weighted by molar-refractivity contribution is 6.38. The highest BCUT2D eigenvalue weighted by Crippen LogP contribution is 2.34. The molecule has 1 amide bonds. The maximum absolute atomic E-state index is 13.7. The van der Waals surface area contributed by atoms with Gasteiger partial charge in [0.1, 0.15) is 11.3 Å². The topological polar surface area (TPSA) is 124 Å². The van der Waals surface area contributed by atoms with Gasteiger partial charge in [-0.3, -0.25) is 9.79 Å². The van der Waals surface area contributed by atoms with Crippen molar-refractivity contribution in [3.63, 3.8) is 0 Å². The van der Waals surface area contributed by atoms with Crippen molar-refractivity contribution >= 4 is 35.2 Å². The minimum Gasteiger partial charge on any atom is -0.462 e. The molecular weight excluding hydrogens is 465 g/mol. The molecular formula is C23H21F3N6O3. The summed E-state index contributed by atoms with van der Waals surface area (Å²) in [4.78, 5) is 27.5.